The molecule has 8 nitrogen and oxygen atoms in total. The molecule has 5 rings (SSSR count). The van der Waals surface area contributed by atoms with Crippen LogP contribution in [0.4, 0.5) is 0 Å². The van der Waals surface area contributed by atoms with E-state index in [1.807, 2.05) is 50.3 Å². The topological polar surface area (TPSA) is 84.0 Å². The summed E-state index contributed by atoms with van der Waals surface area (Å²) in [6.07, 6.45) is 3.79. The van der Waals surface area contributed by atoms with Crippen LogP contribution in [0.1, 0.15) is 43.6 Å². The van der Waals surface area contributed by atoms with Gasteiger partial charge in [-0.15, -0.1) is 6.58 Å². The number of ether oxygens (including phenoxy) is 3. The van der Waals surface area contributed by atoms with Crippen LogP contribution in [0.25, 0.3) is 17.0 Å². The number of para-hydroxylation sites is 1. The molecule has 1 atom stereocenters. The van der Waals surface area contributed by atoms with Crippen molar-refractivity contribution in [3.63, 3.8) is 0 Å². The molecule has 0 bridgehead atoms. The third-order valence-electron chi connectivity index (χ3n) is 7.19. The number of thiazole rings is 1. The maximum Gasteiger partial charge on any atom is 0.338 e. The molecule has 1 unspecified atom stereocenters. The molecule has 0 spiro atoms. The fourth-order valence-corrected chi connectivity index (χ4v) is 6.40. The molecule has 0 saturated carbocycles. The van der Waals surface area contributed by atoms with Crippen molar-refractivity contribution in [2.75, 3.05) is 20.3 Å². The van der Waals surface area contributed by atoms with E-state index < -0.39 is 12.0 Å². The fraction of sp³-hybridized carbons (Fsp3) is 0.281. The van der Waals surface area contributed by atoms with Crippen molar-refractivity contribution in [2.24, 2.45) is 4.99 Å². The van der Waals surface area contributed by atoms with Crippen molar-refractivity contribution < 1.29 is 19.0 Å². The molecule has 0 aliphatic carbocycles. The minimum atomic E-state index is -0.749. The molecule has 212 valence electrons. The SMILES string of the molecule is C=CCn1c(C)c(/C=c2/sc3n(c2=O)C(c2ccc(OC)c(OCC)c2)C(C(=O)OCC)=C(C)N=3)c2ccccc21. The highest BCUT2D eigenvalue weighted by atomic mass is 32.1. The van der Waals surface area contributed by atoms with Gasteiger partial charge in [-0.25, -0.2) is 9.79 Å². The number of nitrogens with zero attached hydrogens (tertiary/aromatic N) is 3. The van der Waals surface area contributed by atoms with Crippen LogP contribution < -0.4 is 24.4 Å². The predicted molar refractivity (Wildman–Crippen MR) is 161 cm³/mol. The predicted octanol–water partition coefficient (Wildman–Crippen LogP) is 4.65. The molecule has 4 aromatic rings. The van der Waals surface area contributed by atoms with Crippen LogP contribution in [-0.4, -0.2) is 35.4 Å². The van der Waals surface area contributed by atoms with E-state index in [0.29, 0.717) is 50.8 Å². The fourth-order valence-electron chi connectivity index (χ4n) is 5.37. The number of fused-ring (bicyclic) bond motifs is 2. The average Bonchev–Trinajstić information content (AvgIpc) is 3.41. The molecule has 1 aliphatic heterocycles. The van der Waals surface area contributed by atoms with Crippen LogP contribution in [0.15, 0.2) is 76.2 Å². The molecule has 0 amide bonds. The number of carbonyl (C=O) groups excluding carboxylic acids is 1. The average molecular weight is 572 g/mol. The number of allylic oxidation sites excluding steroid dienone is 2. The van der Waals surface area contributed by atoms with Gasteiger partial charge in [0.15, 0.2) is 16.3 Å². The largest absolute Gasteiger partial charge is 0.493 e. The third kappa shape index (κ3) is 4.91. The second-order valence-electron chi connectivity index (χ2n) is 9.56. The van der Waals surface area contributed by atoms with Crippen LogP contribution in [-0.2, 0) is 16.1 Å². The lowest BCUT2D eigenvalue weighted by molar-refractivity contribution is -0.139. The van der Waals surface area contributed by atoms with Gasteiger partial charge in [0.25, 0.3) is 5.56 Å². The smallest absolute Gasteiger partial charge is 0.338 e. The first-order valence-electron chi connectivity index (χ1n) is 13.5. The van der Waals surface area contributed by atoms with Gasteiger partial charge in [0.2, 0.25) is 0 Å². The number of hydrogen-bond donors (Lipinski definition) is 0. The summed E-state index contributed by atoms with van der Waals surface area (Å²) in [5.41, 5.74) is 4.36. The van der Waals surface area contributed by atoms with Crippen molar-refractivity contribution in [2.45, 2.75) is 40.3 Å². The van der Waals surface area contributed by atoms with Crippen LogP contribution in [0, 0.1) is 6.92 Å². The summed E-state index contributed by atoms with van der Waals surface area (Å²) >= 11 is 1.30. The summed E-state index contributed by atoms with van der Waals surface area (Å²) in [7, 11) is 1.57. The van der Waals surface area contributed by atoms with E-state index in [2.05, 4.69) is 23.3 Å². The number of hydrogen-bond acceptors (Lipinski definition) is 7. The molecular formula is C32H33N3O5S. The van der Waals surface area contributed by atoms with Crippen LogP contribution in [0.3, 0.4) is 0 Å². The van der Waals surface area contributed by atoms with Crippen molar-refractivity contribution in [1.29, 1.82) is 0 Å². The Morgan fingerprint density at radius 1 is 1.12 bits per heavy atom. The van der Waals surface area contributed by atoms with Gasteiger partial charge in [-0.2, -0.15) is 0 Å². The third-order valence-corrected chi connectivity index (χ3v) is 8.17. The zero-order valence-corrected chi connectivity index (χ0v) is 24.7. The lowest BCUT2D eigenvalue weighted by Crippen LogP contribution is -2.40. The zero-order chi connectivity index (χ0) is 29.3. The number of aromatic nitrogens is 2. The molecule has 9 heteroatoms. The number of methoxy groups -OCH3 is 1. The summed E-state index contributed by atoms with van der Waals surface area (Å²) in [5.74, 6) is 0.580. The quantitative estimate of drug-likeness (QED) is 0.216. The molecule has 3 heterocycles. The molecule has 0 N–H and O–H groups in total. The Hall–Kier alpha value is -4.37. The monoisotopic (exact) mass is 571 g/mol. The van der Waals surface area contributed by atoms with Crippen LogP contribution in [0.5, 0.6) is 11.5 Å². The normalized spacial score (nSPS) is 15.0. The van der Waals surface area contributed by atoms with Gasteiger partial charge in [0.1, 0.15) is 0 Å². The summed E-state index contributed by atoms with van der Waals surface area (Å²) in [6.45, 7) is 12.7. The molecular weight excluding hydrogens is 538 g/mol. The van der Waals surface area contributed by atoms with Crippen molar-refractivity contribution >= 4 is 34.3 Å². The lowest BCUT2D eigenvalue weighted by Gasteiger charge is -2.25. The van der Waals surface area contributed by atoms with Crippen LogP contribution in [0.2, 0.25) is 0 Å². The van der Waals surface area contributed by atoms with E-state index >= 15 is 0 Å². The highest BCUT2D eigenvalue weighted by molar-refractivity contribution is 7.07. The lowest BCUT2D eigenvalue weighted by atomic mass is 9.95. The highest BCUT2D eigenvalue weighted by Crippen LogP contribution is 2.36. The van der Waals surface area contributed by atoms with Gasteiger partial charge in [-0.3, -0.25) is 9.36 Å². The Labute approximate surface area is 242 Å². The summed E-state index contributed by atoms with van der Waals surface area (Å²) in [5, 5.41) is 1.05. The Morgan fingerprint density at radius 2 is 1.90 bits per heavy atom. The second-order valence-corrected chi connectivity index (χ2v) is 10.6. The number of benzene rings is 2. The van der Waals surface area contributed by atoms with Crippen molar-refractivity contribution in [3.05, 3.63) is 103 Å². The van der Waals surface area contributed by atoms with Gasteiger partial charge in [0, 0.05) is 28.7 Å². The minimum absolute atomic E-state index is 0.202. The molecule has 0 saturated heterocycles. The Bertz CT molecular complexity index is 1880. The summed E-state index contributed by atoms with van der Waals surface area (Å²) in [4.78, 5) is 32.7. The molecule has 2 aromatic heterocycles. The Balaban J connectivity index is 1.77. The van der Waals surface area contributed by atoms with Gasteiger partial charge < -0.3 is 18.8 Å². The van der Waals surface area contributed by atoms with Gasteiger partial charge in [0.05, 0.1) is 42.2 Å². The molecule has 2 aromatic carbocycles. The highest BCUT2D eigenvalue weighted by Gasteiger charge is 2.34. The van der Waals surface area contributed by atoms with Gasteiger partial charge in [-0.1, -0.05) is 41.7 Å². The van der Waals surface area contributed by atoms with E-state index in [4.69, 9.17) is 19.2 Å². The first-order valence-corrected chi connectivity index (χ1v) is 14.3. The molecule has 1 aliphatic rings. The first-order chi connectivity index (χ1) is 19.8. The number of esters is 1. The Kier molecular flexibility index (Phi) is 7.99. The number of rotatable bonds is 9. The van der Waals surface area contributed by atoms with Gasteiger partial charge >= 0.3 is 5.97 Å². The molecule has 41 heavy (non-hydrogen) atoms. The van der Waals surface area contributed by atoms with E-state index in [1.165, 1.54) is 11.3 Å². The zero-order valence-electron chi connectivity index (χ0n) is 23.9. The maximum absolute atomic E-state index is 14.2. The standard InChI is InChI=1S/C32H33N3O5S/c1-7-16-34-20(5)23(22-12-10-11-13-24(22)34)18-27-30(36)35-29(21-14-15-25(38-6)26(17-21)39-8-2)28(31(37)40-9-3)19(4)33-32(35)41-27/h7,10-15,17-18,29H,1,8-9,16H2,2-6H3/b27-18+. The summed E-state index contributed by atoms with van der Waals surface area (Å²) < 4.78 is 21.0. The maximum atomic E-state index is 14.2. The van der Waals surface area contributed by atoms with Crippen molar-refractivity contribution in [3.8, 4) is 11.5 Å². The van der Waals surface area contributed by atoms with E-state index in [0.717, 1.165) is 22.2 Å². The molecule has 0 fully saturated rings. The van der Waals surface area contributed by atoms with Gasteiger partial charge in [-0.05, 0) is 57.5 Å². The van der Waals surface area contributed by atoms with Crippen molar-refractivity contribution in [1.82, 2.24) is 9.13 Å². The van der Waals surface area contributed by atoms with Crippen LogP contribution >= 0.6 is 11.3 Å². The minimum Gasteiger partial charge on any atom is -0.493 e. The van der Waals surface area contributed by atoms with E-state index in [9.17, 15) is 9.59 Å². The Morgan fingerprint density at radius 3 is 2.61 bits per heavy atom. The first kappa shape index (κ1) is 28.2. The number of carbonyl (C=O) groups is 1. The summed E-state index contributed by atoms with van der Waals surface area (Å²) in [6, 6.07) is 12.8. The van der Waals surface area contributed by atoms with E-state index in [1.54, 1.807) is 31.6 Å². The molecule has 0 radical (unpaired) electrons. The van der Waals surface area contributed by atoms with E-state index in [-0.39, 0.29) is 12.2 Å². The second kappa shape index (κ2) is 11.6.